The van der Waals surface area contributed by atoms with Gasteiger partial charge in [0, 0.05) is 43.5 Å². The number of methoxy groups -OCH3 is 1. The van der Waals surface area contributed by atoms with Crippen LogP contribution in [0.4, 0.5) is 9.59 Å². The zero-order chi connectivity index (χ0) is 32.6. The van der Waals surface area contributed by atoms with Crippen LogP contribution in [0.25, 0.3) is 0 Å². The van der Waals surface area contributed by atoms with E-state index >= 15 is 0 Å². The standard InChI is InChI=1S/C33H40N6O5S2/c1-39(19-28-17-34-22-45-28)32(41)38-30(21-43-2)31(40)36-26(15-24-9-5-3-6-10-24)13-14-27(16-25-11-7-4-8-12-25)37-33(42)44-20-29-18-35-23-46-29/h3-12,17-18,22-23,26-27,30H,13-16,19-21H2,1-2H3,(H,36,40)(H,37,42)(H,38,41). The van der Waals surface area contributed by atoms with Crippen LogP contribution >= 0.6 is 22.7 Å². The summed E-state index contributed by atoms with van der Waals surface area (Å²) in [6.45, 7) is 0.526. The molecule has 4 amide bonds. The second-order valence-corrected chi connectivity index (χ2v) is 12.8. The largest absolute Gasteiger partial charge is 0.444 e. The van der Waals surface area contributed by atoms with Crippen molar-refractivity contribution < 1.29 is 23.9 Å². The number of rotatable bonds is 17. The molecule has 3 atom stereocenters. The van der Waals surface area contributed by atoms with E-state index in [9.17, 15) is 14.4 Å². The highest BCUT2D eigenvalue weighted by atomic mass is 32.1. The number of carbonyl (C=O) groups is 3. The molecule has 13 heteroatoms. The van der Waals surface area contributed by atoms with Crippen molar-refractivity contribution in [3.05, 3.63) is 105 Å². The third-order valence-electron chi connectivity index (χ3n) is 7.18. The Morgan fingerprint density at radius 3 is 1.91 bits per heavy atom. The number of carbonyl (C=O) groups excluding carboxylic acids is 3. The molecule has 2 heterocycles. The van der Waals surface area contributed by atoms with Crippen molar-refractivity contribution in [1.82, 2.24) is 30.8 Å². The second-order valence-electron chi connectivity index (χ2n) is 10.8. The predicted octanol–water partition coefficient (Wildman–Crippen LogP) is 4.80. The number of aromatic nitrogens is 2. The number of benzene rings is 2. The normalized spacial score (nSPS) is 12.8. The molecule has 46 heavy (non-hydrogen) atoms. The molecule has 0 aliphatic heterocycles. The minimum Gasteiger partial charge on any atom is -0.444 e. The van der Waals surface area contributed by atoms with Crippen LogP contribution in [0.2, 0.25) is 0 Å². The Morgan fingerprint density at radius 1 is 0.804 bits per heavy atom. The minimum atomic E-state index is -0.903. The fourth-order valence-corrected chi connectivity index (χ4v) is 6.00. The summed E-state index contributed by atoms with van der Waals surface area (Å²) in [5, 5.41) is 8.98. The molecule has 4 aromatic rings. The lowest BCUT2D eigenvalue weighted by molar-refractivity contribution is -0.125. The topological polar surface area (TPSA) is 135 Å². The van der Waals surface area contributed by atoms with Crippen molar-refractivity contribution in [3.8, 4) is 0 Å². The van der Waals surface area contributed by atoms with Gasteiger partial charge in [0.2, 0.25) is 5.91 Å². The van der Waals surface area contributed by atoms with E-state index in [0.717, 1.165) is 20.9 Å². The number of nitrogens with zero attached hydrogens (tertiary/aromatic N) is 3. The molecule has 0 spiro atoms. The van der Waals surface area contributed by atoms with Gasteiger partial charge < -0.3 is 30.3 Å². The van der Waals surface area contributed by atoms with E-state index in [2.05, 4.69) is 25.9 Å². The Balaban J connectivity index is 1.42. The lowest BCUT2D eigenvalue weighted by Crippen LogP contribution is -2.54. The fourth-order valence-electron chi connectivity index (χ4n) is 4.84. The first-order valence-corrected chi connectivity index (χ1v) is 16.7. The third kappa shape index (κ3) is 11.9. The zero-order valence-electron chi connectivity index (χ0n) is 26.0. The van der Waals surface area contributed by atoms with E-state index in [4.69, 9.17) is 9.47 Å². The van der Waals surface area contributed by atoms with Crippen molar-refractivity contribution in [2.75, 3.05) is 20.8 Å². The van der Waals surface area contributed by atoms with Gasteiger partial charge in [0.15, 0.2) is 0 Å². The van der Waals surface area contributed by atoms with Crippen LogP contribution in [0, 0.1) is 0 Å². The summed E-state index contributed by atoms with van der Waals surface area (Å²) >= 11 is 2.88. The molecule has 4 rings (SSSR count). The molecule has 0 fully saturated rings. The monoisotopic (exact) mass is 664 g/mol. The van der Waals surface area contributed by atoms with E-state index in [1.165, 1.54) is 34.7 Å². The van der Waals surface area contributed by atoms with Crippen LogP contribution in [0.15, 0.2) is 84.1 Å². The molecule has 2 aromatic heterocycles. The van der Waals surface area contributed by atoms with E-state index in [0.29, 0.717) is 32.2 Å². The number of hydrogen-bond donors (Lipinski definition) is 3. The summed E-state index contributed by atoms with van der Waals surface area (Å²) in [7, 11) is 3.15. The van der Waals surface area contributed by atoms with Gasteiger partial charge in [-0.25, -0.2) is 9.59 Å². The van der Waals surface area contributed by atoms with Crippen molar-refractivity contribution >= 4 is 40.7 Å². The molecule has 0 bridgehead atoms. The van der Waals surface area contributed by atoms with Crippen LogP contribution in [0.5, 0.6) is 0 Å². The lowest BCUT2D eigenvalue weighted by atomic mass is 9.96. The van der Waals surface area contributed by atoms with Crippen molar-refractivity contribution in [2.24, 2.45) is 0 Å². The average molecular weight is 665 g/mol. The molecular weight excluding hydrogens is 625 g/mol. The van der Waals surface area contributed by atoms with Crippen molar-refractivity contribution in [2.45, 2.75) is 57.0 Å². The average Bonchev–Trinajstić information content (AvgIpc) is 3.78. The van der Waals surface area contributed by atoms with Gasteiger partial charge in [0.25, 0.3) is 0 Å². The molecule has 2 aromatic carbocycles. The first-order valence-electron chi connectivity index (χ1n) is 15.0. The van der Waals surface area contributed by atoms with Gasteiger partial charge >= 0.3 is 12.1 Å². The van der Waals surface area contributed by atoms with Crippen LogP contribution in [0.1, 0.15) is 33.7 Å². The highest BCUT2D eigenvalue weighted by Gasteiger charge is 2.26. The van der Waals surface area contributed by atoms with Gasteiger partial charge in [-0.1, -0.05) is 60.7 Å². The molecular formula is C33H40N6O5S2. The highest BCUT2D eigenvalue weighted by Crippen LogP contribution is 2.15. The zero-order valence-corrected chi connectivity index (χ0v) is 27.6. The number of alkyl carbamates (subject to hydrolysis) is 1. The quantitative estimate of drug-likeness (QED) is 0.148. The molecule has 0 aliphatic carbocycles. The Hall–Kier alpha value is -4.33. The van der Waals surface area contributed by atoms with Gasteiger partial charge in [-0.05, 0) is 36.8 Å². The Morgan fingerprint density at radius 2 is 1.37 bits per heavy atom. The smallest absolute Gasteiger partial charge is 0.407 e. The van der Waals surface area contributed by atoms with Crippen LogP contribution in [-0.4, -0.2) is 71.8 Å². The van der Waals surface area contributed by atoms with Crippen LogP contribution in [-0.2, 0) is 40.3 Å². The van der Waals surface area contributed by atoms with Crippen molar-refractivity contribution in [1.29, 1.82) is 0 Å². The maximum Gasteiger partial charge on any atom is 0.407 e. The lowest BCUT2D eigenvalue weighted by Gasteiger charge is -2.27. The van der Waals surface area contributed by atoms with Gasteiger partial charge in [-0.3, -0.25) is 14.8 Å². The van der Waals surface area contributed by atoms with Gasteiger partial charge in [-0.15, -0.1) is 22.7 Å². The van der Waals surface area contributed by atoms with Gasteiger partial charge in [-0.2, -0.15) is 0 Å². The van der Waals surface area contributed by atoms with E-state index < -0.39 is 18.2 Å². The molecule has 244 valence electrons. The van der Waals surface area contributed by atoms with Gasteiger partial charge in [0.05, 0.1) is 29.0 Å². The van der Waals surface area contributed by atoms with E-state index in [1.807, 2.05) is 60.7 Å². The summed E-state index contributed by atoms with van der Waals surface area (Å²) in [4.78, 5) is 50.7. The minimum absolute atomic E-state index is 0.00775. The summed E-state index contributed by atoms with van der Waals surface area (Å²) < 4.78 is 10.8. The highest BCUT2D eigenvalue weighted by molar-refractivity contribution is 7.09. The maximum absolute atomic E-state index is 13.6. The molecule has 3 unspecified atom stereocenters. The van der Waals surface area contributed by atoms with Crippen LogP contribution < -0.4 is 16.0 Å². The fraction of sp³-hybridized carbons (Fsp3) is 0.364. The Labute approximate surface area is 277 Å². The molecule has 11 nitrogen and oxygen atoms in total. The summed E-state index contributed by atoms with van der Waals surface area (Å²) in [5.74, 6) is -0.348. The third-order valence-corrected chi connectivity index (χ3v) is 8.70. The van der Waals surface area contributed by atoms with E-state index in [-0.39, 0.29) is 31.2 Å². The molecule has 0 radical (unpaired) electrons. The van der Waals surface area contributed by atoms with Gasteiger partial charge in [0.1, 0.15) is 12.6 Å². The number of urea groups is 1. The number of amides is 4. The Kier molecular flexibility index (Phi) is 14.0. The van der Waals surface area contributed by atoms with Crippen molar-refractivity contribution in [3.63, 3.8) is 0 Å². The van der Waals surface area contributed by atoms with Crippen LogP contribution in [0.3, 0.4) is 0 Å². The number of thiazole rings is 2. The predicted molar refractivity (Wildman–Crippen MR) is 178 cm³/mol. The summed E-state index contributed by atoms with van der Waals surface area (Å²) in [5.41, 5.74) is 5.53. The molecule has 0 saturated carbocycles. The number of nitrogens with one attached hydrogen (secondary N) is 3. The molecule has 0 saturated heterocycles. The van der Waals surface area contributed by atoms with E-state index in [1.54, 1.807) is 30.5 Å². The maximum atomic E-state index is 13.6. The summed E-state index contributed by atoms with van der Waals surface area (Å²) in [6, 6.07) is 18.0. The first-order chi connectivity index (χ1) is 22.4. The summed E-state index contributed by atoms with van der Waals surface area (Å²) in [6.07, 6.45) is 5.17. The first kappa shape index (κ1) is 34.5. The Bertz CT molecular complexity index is 1460. The molecule has 0 aliphatic rings. The SMILES string of the molecule is COCC(NC(=O)N(C)Cc1cncs1)C(=O)NC(CCC(Cc1ccccc1)NC(=O)OCc1cncs1)Cc1ccccc1. The number of hydrogen-bond acceptors (Lipinski definition) is 9. The number of ether oxygens (including phenoxy) is 2. The molecule has 3 N–H and O–H groups in total. The second kappa shape index (κ2) is 18.6.